The highest BCUT2D eigenvalue weighted by molar-refractivity contribution is 6.21. The standard InChI is InChI=1S/C13H15NO2/c1-8(2)6-9-4-5-10-11(7-9)13(16)14(3)12(10)15/h4-5,7-8H,6H2,1-3H3. The van der Waals surface area contributed by atoms with E-state index in [1.54, 1.807) is 6.07 Å². The molecule has 0 atom stereocenters. The second-order valence-electron chi connectivity index (χ2n) is 4.65. The second kappa shape index (κ2) is 3.74. The van der Waals surface area contributed by atoms with Gasteiger partial charge >= 0.3 is 0 Å². The van der Waals surface area contributed by atoms with Crippen LogP contribution in [-0.4, -0.2) is 23.8 Å². The van der Waals surface area contributed by atoms with E-state index in [4.69, 9.17) is 0 Å². The minimum absolute atomic E-state index is 0.189. The van der Waals surface area contributed by atoms with Gasteiger partial charge in [0.2, 0.25) is 0 Å². The third-order valence-corrected chi connectivity index (χ3v) is 2.80. The molecule has 0 radical (unpaired) electrons. The molecule has 0 spiro atoms. The predicted octanol–water partition coefficient (Wildman–Crippen LogP) is 2.11. The number of benzene rings is 1. The number of amides is 2. The number of rotatable bonds is 2. The lowest BCUT2D eigenvalue weighted by atomic mass is 9.99. The van der Waals surface area contributed by atoms with Gasteiger partial charge in [0.15, 0.2) is 0 Å². The summed E-state index contributed by atoms with van der Waals surface area (Å²) in [6.07, 6.45) is 0.929. The van der Waals surface area contributed by atoms with Crippen LogP contribution in [0.25, 0.3) is 0 Å². The van der Waals surface area contributed by atoms with Crippen molar-refractivity contribution in [1.29, 1.82) is 0 Å². The van der Waals surface area contributed by atoms with Crippen molar-refractivity contribution in [1.82, 2.24) is 4.90 Å². The average Bonchev–Trinajstić information content (AvgIpc) is 2.43. The van der Waals surface area contributed by atoms with Gasteiger partial charge in [0.05, 0.1) is 11.1 Å². The van der Waals surface area contributed by atoms with Crippen LogP contribution < -0.4 is 0 Å². The van der Waals surface area contributed by atoms with E-state index >= 15 is 0 Å². The lowest BCUT2D eigenvalue weighted by molar-refractivity contribution is 0.0693. The molecule has 84 valence electrons. The third kappa shape index (κ3) is 1.62. The molecule has 1 aliphatic rings. The predicted molar refractivity (Wildman–Crippen MR) is 61.4 cm³/mol. The van der Waals surface area contributed by atoms with Gasteiger partial charge in [-0.2, -0.15) is 0 Å². The van der Waals surface area contributed by atoms with E-state index in [0.29, 0.717) is 17.0 Å². The number of hydrogen-bond donors (Lipinski definition) is 0. The highest BCUT2D eigenvalue weighted by Gasteiger charge is 2.32. The fourth-order valence-corrected chi connectivity index (χ4v) is 2.01. The van der Waals surface area contributed by atoms with Gasteiger partial charge in [-0.15, -0.1) is 0 Å². The van der Waals surface area contributed by atoms with Crippen molar-refractivity contribution in [3.8, 4) is 0 Å². The molecule has 0 bridgehead atoms. The summed E-state index contributed by atoms with van der Waals surface area (Å²) in [5.41, 5.74) is 2.19. The number of imide groups is 1. The topological polar surface area (TPSA) is 37.4 Å². The van der Waals surface area contributed by atoms with Crippen LogP contribution in [0.2, 0.25) is 0 Å². The number of hydrogen-bond acceptors (Lipinski definition) is 2. The molecule has 1 aromatic carbocycles. The first-order chi connectivity index (χ1) is 7.50. The maximum absolute atomic E-state index is 11.8. The number of carbonyl (C=O) groups is 2. The minimum Gasteiger partial charge on any atom is -0.277 e. The van der Waals surface area contributed by atoms with Gasteiger partial charge in [-0.3, -0.25) is 14.5 Å². The molecule has 0 saturated heterocycles. The number of nitrogens with zero attached hydrogens (tertiary/aromatic N) is 1. The van der Waals surface area contributed by atoms with E-state index in [1.165, 1.54) is 11.9 Å². The van der Waals surface area contributed by atoms with Crippen molar-refractivity contribution in [2.75, 3.05) is 7.05 Å². The Labute approximate surface area is 95.1 Å². The Kier molecular flexibility index (Phi) is 2.54. The van der Waals surface area contributed by atoms with Gasteiger partial charge < -0.3 is 0 Å². The quantitative estimate of drug-likeness (QED) is 0.711. The van der Waals surface area contributed by atoms with Crippen molar-refractivity contribution < 1.29 is 9.59 Å². The zero-order chi connectivity index (χ0) is 11.9. The third-order valence-electron chi connectivity index (χ3n) is 2.80. The van der Waals surface area contributed by atoms with Crippen LogP contribution in [0.15, 0.2) is 18.2 Å². The largest absolute Gasteiger partial charge is 0.277 e. The molecule has 16 heavy (non-hydrogen) atoms. The average molecular weight is 217 g/mol. The SMILES string of the molecule is CC(C)Cc1ccc2c(c1)C(=O)N(C)C2=O. The normalized spacial score (nSPS) is 14.9. The molecule has 0 saturated carbocycles. The first-order valence-electron chi connectivity index (χ1n) is 5.46. The molecule has 0 aromatic heterocycles. The summed E-state index contributed by atoms with van der Waals surface area (Å²) in [6, 6.07) is 5.54. The van der Waals surface area contributed by atoms with Crippen LogP contribution in [-0.2, 0) is 6.42 Å². The van der Waals surface area contributed by atoms with Gasteiger partial charge in [0.25, 0.3) is 11.8 Å². The maximum atomic E-state index is 11.8. The van der Waals surface area contributed by atoms with Crippen LogP contribution in [0.1, 0.15) is 40.1 Å². The van der Waals surface area contributed by atoms with E-state index in [2.05, 4.69) is 13.8 Å². The Morgan fingerprint density at radius 3 is 2.38 bits per heavy atom. The van der Waals surface area contributed by atoms with Crippen molar-refractivity contribution in [2.24, 2.45) is 5.92 Å². The molecule has 1 aromatic rings. The molecule has 1 aliphatic heterocycles. The van der Waals surface area contributed by atoms with E-state index in [1.807, 2.05) is 12.1 Å². The van der Waals surface area contributed by atoms with E-state index in [-0.39, 0.29) is 11.8 Å². The van der Waals surface area contributed by atoms with Gasteiger partial charge in [-0.25, -0.2) is 0 Å². The van der Waals surface area contributed by atoms with Gasteiger partial charge in [0.1, 0.15) is 0 Å². The first kappa shape index (κ1) is 10.9. The summed E-state index contributed by atoms with van der Waals surface area (Å²) >= 11 is 0. The lowest BCUT2D eigenvalue weighted by Crippen LogP contribution is -2.24. The van der Waals surface area contributed by atoms with Crippen LogP contribution >= 0.6 is 0 Å². The molecule has 3 nitrogen and oxygen atoms in total. The second-order valence-corrected chi connectivity index (χ2v) is 4.65. The molecule has 3 heteroatoms. The molecule has 1 heterocycles. The van der Waals surface area contributed by atoms with Crippen LogP contribution in [0.3, 0.4) is 0 Å². The van der Waals surface area contributed by atoms with E-state index in [9.17, 15) is 9.59 Å². The number of fused-ring (bicyclic) bond motifs is 1. The zero-order valence-corrected chi connectivity index (χ0v) is 9.78. The maximum Gasteiger partial charge on any atom is 0.261 e. The van der Waals surface area contributed by atoms with Crippen LogP contribution in [0.4, 0.5) is 0 Å². The molecule has 0 N–H and O–H groups in total. The summed E-state index contributed by atoms with van der Waals surface area (Å²) in [7, 11) is 1.52. The fourth-order valence-electron chi connectivity index (χ4n) is 2.01. The summed E-state index contributed by atoms with van der Waals surface area (Å²) in [5, 5.41) is 0. The van der Waals surface area contributed by atoms with Crippen molar-refractivity contribution >= 4 is 11.8 Å². The fraction of sp³-hybridized carbons (Fsp3) is 0.385. The summed E-state index contributed by atoms with van der Waals surface area (Å²) in [4.78, 5) is 24.6. The molecular formula is C13H15NO2. The molecule has 0 aliphatic carbocycles. The van der Waals surface area contributed by atoms with Crippen LogP contribution in [0.5, 0.6) is 0 Å². The monoisotopic (exact) mass is 217 g/mol. The van der Waals surface area contributed by atoms with Gasteiger partial charge in [-0.1, -0.05) is 19.9 Å². The molecule has 2 rings (SSSR count). The minimum atomic E-state index is -0.198. The Morgan fingerprint density at radius 1 is 1.12 bits per heavy atom. The Hall–Kier alpha value is -1.64. The van der Waals surface area contributed by atoms with Crippen molar-refractivity contribution in [3.05, 3.63) is 34.9 Å². The van der Waals surface area contributed by atoms with Crippen molar-refractivity contribution in [2.45, 2.75) is 20.3 Å². The van der Waals surface area contributed by atoms with Gasteiger partial charge in [-0.05, 0) is 30.0 Å². The summed E-state index contributed by atoms with van der Waals surface area (Å²) in [5.74, 6) is 0.157. The van der Waals surface area contributed by atoms with Gasteiger partial charge in [0, 0.05) is 7.05 Å². The number of carbonyl (C=O) groups excluding carboxylic acids is 2. The highest BCUT2D eigenvalue weighted by atomic mass is 16.2. The highest BCUT2D eigenvalue weighted by Crippen LogP contribution is 2.23. The smallest absolute Gasteiger partial charge is 0.261 e. The van der Waals surface area contributed by atoms with E-state index in [0.717, 1.165) is 12.0 Å². The van der Waals surface area contributed by atoms with Crippen molar-refractivity contribution in [3.63, 3.8) is 0 Å². The molecule has 2 amide bonds. The summed E-state index contributed by atoms with van der Waals surface area (Å²) < 4.78 is 0. The molecule has 0 unspecified atom stereocenters. The van der Waals surface area contributed by atoms with E-state index < -0.39 is 0 Å². The lowest BCUT2D eigenvalue weighted by Gasteiger charge is -2.05. The van der Waals surface area contributed by atoms with Crippen LogP contribution in [0, 0.1) is 5.92 Å². The Bertz CT molecular complexity index is 463. The Balaban J connectivity index is 2.41. The molecular weight excluding hydrogens is 202 g/mol. The first-order valence-corrected chi connectivity index (χ1v) is 5.46. The summed E-state index contributed by atoms with van der Waals surface area (Å²) in [6.45, 7) is 4.26. The molecule has 0 fully saturated rings. The Morgan fingerprint density at radius 2 is 1.75 bits per heavy atom. The zero-order valence-electron chi connectivity index (χ0n) is 9.78.